The van der Waals surface area contributed by atoms with E-state index in [1.54, 1.807) is 0 Å². The minimum absolute atomic E-state index is 0.337. The van der Waals surface area contributed by atoms with Crippen LogP contribution >= 0.6 is 0 Å². The molecule has 19 heavy (non-hydrogen) atoms. The van der Waals surface area contributed by atoms with Crippen molar-refractivity contribution in [3.8, 4) is 6.07 Å². The number of anilines is 1. The van der Waals surface area contributed by atoms with Crippen LogP contribution in [-0.4, -0.2) is 43.7 Å². The molecule has 4 nitrogen and oxygen atoms in total. The van der Waals surface area contributed by atoms with E-state index < -0.39 is 0 Å². The van der Waals surface area contributed by atoms with Crippen LogP contribution in [0.3, 0.4) is 0 Å². The van der Waals surface area contributed by atoms with Gasteiger partial charge in [0.25, 0.3) is 0 Å². The van der Waals surface area contributed by atoms with Gasteiger partial charge >= 0.3 is 0 Å². The number of nitrogens with zero attached hydrogens (tertiary/aromatic N) is 3. The van der Waals surface area contributed by atoms with E-state index in [1.165, 1.54) is 0 Å². The predicted octanol–water partition coefficient (Wildman–Crippen LogP) is 1.42. The number of rotatable bonds is 2. The van der Waals surface area contributed by atoms with Gasteiger partial charge in [-0.05, 0) is 32.5 Å². The van der Waals surface area contributed by atoms with Crippen LogP contribution in [0.2, 0.25) is 0 Å². The molecule has 0 radical (unpaired) electrons. The van der Waals surface area contributed by atoms with Crippen LogP contribution in [0, 0.1) is 11.3 Å². The quantitative estimate of drug-likeness (QED) is 0.871. The maximum atomic E-state index is 9.23. The SMILES string of the molecule is CC1CCN(c2ccccc2C#N)CC(CN)N1C. The van der Waals surface area contributed by atoms with Crippen molar-refractivity contribution in [3.05, 3.63) is 29.8 Å². The summed E-state index contributed by atoms with van der Waals surface area (Å²) in [5, 5.41) is 9.23. The first kappa shape index (κ1) is 13.9. The van der Waals surface area contributed by atoms with Crippen molar-refractivity contribution in [3.63, 3.8) is 0 Å². The van der Waals surface area contributed by atoms with Gasteiger partial charge in [-0.2, -0.15) is 5.26 Å². The molecule has 0 saturated carbocycles. The normalized spacial score (nSPS) is 24.8. The second-order valence-corrected chi connectivity index (χ2v) is 5.27. The molecule has 1 aliphatic rings. The topological polar surface area (TPSA) is 56.3 Å². The van der Waals surface area contributed by atoms with Crippen LogP contribution in [0.15, 0.2) is 24.3 Å². The van der Waals surface area contributed by atoms with Crippen molar-refractivity contribution < 1.29 is 0 Å². The van der Waals surface area contributed by atoms with Crippen LogP contribution in [0.25, 0.3) is 0 Å². The maximum absolute atomic E-state index is 9.23. The number of para-hydroxylation sites is 1. The molecule has 1 saturated heterocycles. The summed E-state index contributed by atoms with van der Waals surface area (Å²) in [6.45, 7) is 4.74. The lowest BCUT2D eigenvalue weighted by atomic mass is 10.1. The van der Waals surface area contributed by atoms with Gasteiger partial charge in [0.15, 0.2) is 0 Å². The summed E-state index contributed by atoms with van der Waals surface area (Å²) < 4.78 is 0. The smallest absolute Gasteiger partial charge is 0.101 e. The number of nitriles is 1. The van der Waals surface area contributed by atoms with Gasteiger partial charge in [0.2, 0.25) is 0 Å². The molecular formula is C15H22N4. The summed E-state index contributed by atoms with van der Waals surface area (Å²) in [5.74, 6) is 0. The first-order valence-corrected chi connectivity index (χ1v) is 6.83. The highest BCUT2D eigenvalue weighted by Gasteiger charge is 2.26. The van der Waals surface area contributed by atoms with Crippen LogP contribution in [-0.2, 0) is 0 Å². The third kappa shape index (κ3) is 2.89. The van der Waals surface area contributed by atoms with E-state index in [9.17, 15) is 5.26 Å². The highest BCUT2D eigenvalue weighted by molar-refractivity contribution is 5.59. The van der Waals surface area contributed by atoms with Crippen molar-refractivity contribution >= 4 is 5.69 Å². The zero-order valence-electron chi connectivity index (χ0n) is 11.7. The summed E-state index contributed by atoms with van der Waals surface area (Å²) in [5.41, 5.74) is 7.68. The summed E-state index contributed by atoms with van der Waals surface area (Å²) in [4.78, 5) is 4.66. The number of nitrogens with two attached hydrogens (primary N) is 1. The molecule has 4 heteroatoms. The minimum Gasteiger partial charge on any atom is -0.369 e. The molecule has 0 aromatic heterocycles. The molecule has 1 fully saturated rings. The van der Waals surface area contributed by atoms with Crippen molar-refractivity contribution in [2.24, 2.45) is 5.73 Å². The van der Waals surface area contributed by atoms with Crippen LogP contribution in [0.5, 0.6) is 0 Å². The molecule has 1 heterocycles. The van der Waals surface area contributed by atoms with Gasteiger partial charge in [0.1, 0.15) is 6.07 Å². The van der Waals surface area contributed by atoms with Crippen LogP contribution < -0.4 is 10.6 Å². The first-order chi connectivity index (χ1) is 9.17. The minimum atomic E-state index is 0.337. The van der Waals surface area contributed by atoms with Crippen LogP contribution in [0.1, 0.15) is 18.9 Å². The Morgan fingerprint density at radius 1 is 1.42 bits per heavy atom. The Hall–Kier alpha value is -1.57. The van der Waals surface area contributed by atoms with E-state index in [4.69, 9.17) is 5.73 Å². The van der Waals surface area contributed by atoms with E-state index in [-0.39, 0.29) is 0 Å². The monoisotopic (exact) mass is 258 g/mol. The Morgan fingerprint density at radius 3 is 2.84 bits per heavy atom. The molecule has 1 aliphatic heterocycles. The molecule has 0 amide bonds. The molecule has 0 aliphatic carbocycles. The Kier molecular flexibility index (Phi) is 4.41. The van der Waals surface area contributed by atoms with E-state index in [0.717, 1.165) is 30.8 Å². The Balaban J connectivity index is 2.27. The zero-order valence-corrected chi connectivity index (χ0v) is 11.7. The lowest BCUT2D eigenvalue weighted by molar-refractivity contribution is 0.201. The highest BCUT2D eigenvalue weighted by Crippen LogP contribution is 2.24. The maximum Gasteiger partial charge on any atom is 0.101 e. The van der Waals surface area contributed by atoms with Gasteiger partial charge in [-0.3, -0.25) is 4.90 Å². The van der Waals surface area contributed by atoms with Gasteiger partial charge < -0.3 is 10.6 Å². The molecule has 2 N–H and O–H groups in total. The summed E-state index contributed by atoms with van der Waals surface area (Å²) in [6.07, 6.45) is 1.09. The fraction of sp³-hybridized carbons (Fsp3) is 0.533. The van der Waals surface area contributed by atoms with Crippen molar-refractivity contribution in [2.45, 2.75) is 25.4 Å². The lowest BCUT2D eigenvalue weighted by Crippen LogP contribution is -2.46. The van der Waals surface area contributed by atoms with E-state index in [2.05, 4.69) is 29.8 Å². The van der Waals surface area contributed by atoms with Gasteiger partial charge in [-0.1, -0.05) is 12.1 Å². The molecular weight excluding hydrogens is 236 g/mol. The first-order valence-electron chi connectivity index (χ1n) is 6.83. The number of hydrogen-bond donors (Lipinski definition) is 1. The Labute approximate surface area is 115 Å². The molecule has 2 atom stereocenters. The zero-order chi connectivity index (χ0) is 13.8. The Morgan fingerprint density at radius 2 is 2.16 bits per heavy atom. The summed E-state index contributed by atoms with van der Waals surface area (Å²) in [7, 11) is 2.14. The van der Waals surface area contributed by atoms with Gasteiger partial charge in [0, 0.05) is 31.7 Å². The number of hydrogen-bond acceptors (Lipinski definition) is 4. The summed E-state index contributed by atoms with van der Waals surface area (Å²) >= 11 is 0. The number of likely N-dealkylation sites (N-methyl/N-ethyl adjacent to an activating group) is 1. The fourth-order valence-corrected chi connectivity index (χ4v) is 2.68. The second kappa shape index (κ2) is 6.05. The van der Waals surface area contributed by atoms with Crippen molar-refractivity contribution in [2.75, 3.05) is 31.6 Å². The second-order valence-electron chi connectivity index (χ2n) is 5.27. The van der Waals surface area contributed by atoms with Crippen molar-refractivity contribution in [1.82, 2.24) is 4.90 Å². The largest absolute Gasteiger partial charge is 0.369 e. The molecule has 1 aromatic carbocycles. The third-order valence-electron chi connectivity index (χ3n) is 4.16. The molecule has 2 rings (SSSR count). The lowest BCUT2D eigenvalue weighted by Gasteiger charge is -2.31. The van der Waals surface area contributed by atoms with Gasteiger partial charge in [0.05, 0.1) is 11.3 Å². The Bertz CT molecular complexity index is 465. The van der Waals surface area contributed by atoms with E-state index >= 15 is 0 Å². The molecule has 1 aromatic rings. The molecule has 0 spiro atoms. The fourth-order valence-electron chi connectivity index (χ4n) is 2.68. The standard InChI is InChI=1S/C15H22N4/c1-12-7-8-19(11-14(10-17)18(12)2)15-6-4-3-5-13(15)9-16/h3-6,12,14H,7-8,10-11,17H2,1-2H3. The predicted molar refractivity (Wildman–Crippen MR) is 78.1 cm³/mol. The van der Waals surface area contributed by atoms with Gasteiger partial charge in [-0.15, -0.1) is 0 Å². The molecule has 0 bridgehead atoms. The molecule has 102 valence electrons. The van der Waals surface area contributed by atoms with E-state index in [0.29, 0.717) is 18.6 Å². The highest BCUT2D eigenvalue weighted by atomic mass is 15.3. The van der Waals surface area contributed by atoms with Crippen LogP contribution in [0.4, 0.5) is 5.69 Å². The van der Waals surface area contributed by atoms with Crippen molar-refractivity contribution in [1.29, 1.82) is 5.26 Å². The summed E-state index contributed by atoms with van der Waals surface area (Å²) in [6, 6.07) is 11.0. The third-order valence-corrected chi connectivity index (χ3v) is 4.16. The van der Waals surface area contributed by atoms with E-state index in [1.807, 2.05) is 24.3 Å². The average Bonchev–Trinajstić information content (AvgIpc) is 2.59. The molecule has 2 unspecified atom stereocenters. The van der Waals surface area contributed by atoms with Gasteiger partial charge in [-0.25, -0.2) is 0 Å². The average molecular weight is 258 g/mol. The number of benzene rings is 1.